The number of fused-ring (bicyclic) bond motifs is 2. The number of benzene rings is 2. The molecule has 4 heterocycles. The minimum Gasteiger partial charge on any atom is -0.493 e. The number of β-amino-alcohol motifs (C(OH)–C–C–N with tert-alkyl or cyclic N) is 1. The van der Waals surface area contributed by atoms with Crippen LogP contribution in [0, 0.1) is 0 Å². The van der Waals surface area contributed by atoms with E-state index in [-0.39, 0.29) is 12.1 Å². The SMILES string of the molecule is O[C@@H]1C[C@@H](c2nnc3n2CCN(Cc2ccc4c(c2)CCO4)C3)N(Cc2ccccc2)C1. The van der Waals surface area contributed by atoms with Gasteiger partial charge in [-0.15, -0.1) is 10.2 Å². The van der Waals surface area contributed by atoms with Crippen molar-refractivity contribution >= 4 is 0 Å². The Morgan fingerprint density at radius 3 is 2.81 bits per heavy atom. The quantitative estimate of drug-likeness (QED) is 0.670. The average molecular weight is 432 g/mol. The molecule has 7 heteroatoms. The summed E-state index contributed by atoms with van der Waals surface area (Å²) in [7, 11) is 0. The van der Waals surface area contributed by atoms with E-state index in [1.165, 1.54) is 16.7 Å². The summed E-state index contributed by atoms with van der Waals surface area (Å²) < 4.78 is 7.92. The molecule has 3 aromatic rings. The Labute approximate surface area is 188 Å². The highest BCUT2D eigenvalue weighted by atomic mass is 16.5. The largest absolute Gasteiger partial charge is 0.493 e. The summed E-state index contributed by atoms with van der Waals surface area (Å²) >= 11 is 0. The number of nitrogens with zero attached hydrogens (tertiary/aromatic N) is 5. The van der Waals surface area contributed by atoms with Crippen LogP contribution < -0.4 is 4.74 Å². The first-order valence-corrected chi connectivity index (χ1v) is 11.6. The fourth-order valence-corrected chi connectivity index (χ4v) is 5.35. The maximum atomic E-state index is 10.4. The van der Waals surface area contributed by atoms with Crippen molar-refractivity contribution < 1.29 is 9.84 Å². The molecule has 3 aliphatic rings. The van der Waals surface area contributed by atoms with Crippen LogP contribution in [-0.2, 0) is 32.6 Å². The van der Waals surface area contributed by atoms with Gasteiger partial charge >= 0.3 is 0 Å². The highest BCUT2D eigenvalue weighted by molar-refractivity contribution is 5.39. The van der Waals surface area contributed by atoms with Crippen molar-refractivity contribution in [1.29, 1.82) is 0 Å². The summed E-state index contributed by atoms with van der Waals surface area (Å²) in [4.78, 5) is 4.78. The number of hydrogen-bond acceptors (Lipinski definition) is 6. The summed E-state index contributed by atoms with van der Waals surface area (Å²) in [6, 6.07) is 17.1. The predicted molar refractivity (Wildman–Crippen MR) is 120 cm³/mol. The van der Waals surface area contributed by atoms with E-state index in [2.05, 4.69) is 67.0 Å². The summed E-state index contributed by atoms with van der Waals surface area (Å²) in [6.45, 7) is 5.86. The van der Waals surface area contributed by atoms with E-state index >= 15 is 0 Å². The van der Waals surface area contributed by atoms with Gasteiger partial charge in [0.25, 0.3) is 0 Å². The normalized spacial score (nSPS) is 23.2. The summed E-state index contributed by atoms with van der Waals surface area (Å²) in [6.07, 6.45) is 1.40. The van der Waals surface area contributed by atoms with Gasteiger partial charge in [0.1, 0.15) is 11.6 Å². The highest BCUT2D eigenvalue weighted by Gasteiger charge is 2.36. The van der Waals surface area contributed by atoms with Gasteiger partial charge in [0.05, 0.1) is 25.3 Å². The molecule has 2 atom stereocenters. The number of aromatic nitrogens is 3. The van der Waals surface area contributed by atoms with Crippen LogP contribution in [0.5, 0.6) is 5.75 Å². The average Bonchev–Trinajstić information content (AvgIpc) is 3.52. The Hall–Kier alpha value is -2.74. The van der Waals surface area contributed by atoms with Gasteiger partial charge in [0.2, 0.25) is 0 Å². The van der Waals surface area contributed by atoms with Gasteiger partial charge in [0.15, 0.2) is 5.82 Å². The van der Waals surface area contributed by atoms with Crippen molar-refractivity contribution in [2.45, 2.75) is 51.2 Å². The van der Waals surface area contributed by atoms with Crippen LogP contribution in [0.15, 0.2) is 48.5 Å². The lowest BCUT2D eigenvalue weighted by Gasteiger charge is -2.30. The van der Waals surface area contributed by atoms with Crippen LogP contribution in [0.25, 0.3) is 0 Å². The molecule has 3 aliphatic heterocycles. The van der Waals surface area contributed by atoms with Gasteiger partial charge in [-0.3, -0.25) is 9.80 Å². The van der Waals surface area contributed by atoms with Crippen molar-refractivity contribution in [1.82, 2.24) is 24.6 Å². The molecule has 1 saturated heterocycles. The zero-order chi connectivity index (χ0) is 21.5. The molecule has 0 amide bonds. The third-order valence-electron chi connectivity index (χ3n) is 6.93. The van der Waals surface area contributed by atoms with Crippen molar-refractivity contribution in [3.63, 3.8) is 0 Å². The molecule has 6 rings (SSSR count). The number of hydrogen-bond donors (Lipinski definition) is 1. The fraction of sp³-hybridized carbons (Fsp3) is 0.440. The van der Waals surface area contributed by atoms with E-state index in [1.807, 2.05) is 6.07 Å². The smallest absolute Gasteiger partial charge is 0.150 e. The Balaban J connectivity index is 1.17. The maximum absolute atomic E-state index is 10.4. The van der Waals surface area contributed by atoms with Gasteiger partial charge in [-0.1, -0.05) is 42.5 Å². The topological polar surface area (TPSA) is 66.7 Å². The number of ether oxygens (including phenoxy) is 1. The second-order valence-corrected chi connectivity index (χ2v) is 9.20. The summed E-state index contributed by atoms with van der Waals surface area (Å²) in [5, 5.41) is 19.6. The Bertz CT molecular complexity index is 1100. The molecule has 1 N–H and O–H groups in total. The Kier molecular flexibility index (Phi) is 5.17. The van der Waals surface area contributed by atoms with E-state index in [1.54, 1.807) is 0 Å². The van der Waals surface area contributed by atoms with E-state index in [0.717, 1.165) is 63.1 Å². The van der Waals surface area contributed by atoms with Crippen LogP contribution in [-0.4, -0.2) is 55.5 Å². The van der Waals surface area contributed by atoms with Crippen LogP contribution in [0.3, 0.4) is 0 Å². The number of likely N-dealkylation sites (tertiary alicyclic amines) is 1. The lowest BCUT2D eigenvalue weighted by molar-refractivity contribution is 0.171. The molecule has 2 aromatic carbocycles. The van der Waals surface area contributed by atoms with Crippen molar-refractivity contribution in [2.75, 3.05) is 19.7 Å². The zero-order valence-corrected chi connectivity index (χ0v) is 18.2. The molecule has 0 radical (unpaired) electrons. The monoisotopic (exact) mass is 431 g/mol. The molecule has 7 nitrogen and oxygen atoms in total. The van der Waals surface area contributed by atoms with Gasteiger partial charge < -0.3 is 14.4 Å². The summed E-state index contributed by atoms with van der Waals surface area (Å²) in [5.74, 6) is 3.06. The standard InChI is InChI=1S/C25H29N5O2/c31-21-13-22(29(16-21)15-18-4-2-1-3-5-18)25-27-26-24-17-28(9-10-30(24)25)14-19-6-7-23-20(12-19)8-11-32-23/h1-7,12,21-22,31H,8-11,13-17H2/t21-,22+/m1/s1. The second kappa shape index (κ2) is 8.31. The molecule has 0 saturated carbocycles. The third kappa shape index (κ3) is 3.81. The van der Waals surface area contributed by atoms with E-state index in [9.17, 15) is 5.11 Å². The fourth-order valence-electron chi connectivity index (χ4n) is 5.35. The number of aliphatic hydroxyl groups excluding tert-OH is 1. The van der Waals surface area contributed by atoms with E-state index < -0.39 is 0 Å². The van der Waals surface area contributed by atoms with E-state index in [4.69, 9.17) is 4.74 Å². The Morgan fingerprint density at radius 1 is 1.00 bits per heavy atom. The lowest BCUT2D eigenvalue weighted by atomic mass is 10.1. The van der Waals surface area contributed by atoms with Gasteiger partial charge in [0, 0.05) is 39.1 Å². The minimum absolute atomic E-state index is 0.106. The van der Waals surface area contributed by atoms with Gasteiger partial charge in [-0.2, -0.15) is 0 Å². The zero-order valence-electron chi connectivity index (χ0n) is 18.2. The molecule has 0 aliphatic carbocycles. The molecular weight excluding hydrogens is 402 g/mol. The first kappa shape index (κ1) is 19.9. The van der Waals surface area contributed by atoms with Crippen molar-refractivity contribution in [3.05, 3.63) is 76.9 Å². The molecule has 1 aromatic heterocycles. The Morgan fingerprint density at radius 2 is 1.91 bits per heavy atom. The molecule has 0 unspecified atom stereocenters. The van der Waals surface area contributed by atoms with Gasteiger partial charge in [-0.05, 0) is 29.2 Å². The predicted octanol–water partition coefficient (Wildman–Crippen LogP) is 2.54. The van der Waals surface area contributed by atoms with Crippen LogP contribution in [0.1, 0.15) is 40.8 Å². The molecular formula is C25H29N5O2. The van der Waals surface area contributed by atoms with Crippen LogP contribution in [0.2, 0.25) is 0 Å². The molecule has 166 valence electrons. The number of aliphatic hydroxyl groups is 1. The number of rotatable bonds is 5. The van der Waals surface area contributed by atoms with Crippen LogP contribution in [0.4, 0.5) is 0 Å². The first-order valence-electron chi connectivity index (χ1n) is 11.6. The summed E-state index contributed by atoms with van der Waals surface area (Å²) in [5.41, 5.74) is 3.91. The van der Waals surface area contributed by atoms with Crippen molar-refractivity contribution in [3.8, 4) is 5.75 Å². The molecule has 1 fully saturated rings. The van der Waals surface area contributed by atoms with E-state index in [0.29, 0.717) is 13.0 Å². The maximum Gasteiger partial charge on any atom is 0.150 e. The third-order valence-corrected chi connectivity index (χ3v) is 6.93. The van der Waals surface area contributed by atoms with Gasteiger partial charge in [-0.25, -0.2) is 0 Å². The highest BCUT2D eigenvalue weighted by Crippen LogP contribution is 2.34. The first-order chi connectivity index (χ1) is 15.7. The molecule has 32 heavy (non-hydrogen) atoms. The second-order valence-electron chi connectivity index (χ2n) is 9.20. The molecule has 0 bridgehead atoms. The van der Waals surface area contributed by atoms with Crippen molar-refractivity contribution in [2.24, 2.45) is 0 Å². The minimum atomic E-state index is -0.319. The lowest BCUT2D eigenvalue weighted by Crippen LogP contribution is -2.35. The molecule has 0 spiro atoms. The van der Waals surface area contributed by atoms with Crippen LogP contribution >= 0.6 is 0 Å².